The van der Waals surface area contributed by atoms with Crippen molar-refractivity contribution in [1.82, 2.24) is 19.8 Å². The van der Waals surface area contributed by atoms with E-state index >= 15 is 0 Å². The molecule has 0 atom stereocenters. The second-order valence-electron chi connectivity index (χ2n) is 7.31. The standard InChI is InChI=1S/C19H27N5O2S/c1-13-14(2)27-19-17(13)18(20-15(3)21-19)24-6-4-22(5-7-24)12-16(25)23-8-10-26-11-9-23/h4-12H2,1-3H3. The van der Waals surface area contributed by atoms with E-state index in [2.05, 4.69) is 28.6 Å². The Bertz CT molecular complexity index is 838. The number of morpholine rings is 1. The molecule has 146 valence electrons. The van der Waals surface area contributed by atoms with Gasteiger partial charge in [0.25, 0.3) is 0 Å². The fourth-order valence-electron chi connectivity index (χ4n) is 3.78. The van der Waals surface area contributed by atoms with Crippen LogP contribution in [0.4, 0.5) is 5.82 Å². The Labute approximate surface area is 163 Å². The molecule has 2 aliphatic heterocycles. The molecule has 1 amide bonds. The van der Waals surface area contributed by atoms with Crippen LogP contribution in [0.2, 0.25) is 0 Å². The van der Waals surface area contributed by atoms with Gasteiger partial charge in [-0.1, -0.05) is 0 Å². The van der Waals surface area contributed by atoms with Gasteiger partial charge < -0.3 is 14.5 Å². The van der Waals surface area contributed by atoms with Gasteiger partial charge in [-0.25, -0.2) is 9.97 Å². The Balaban J connectivity index is 1.43. The number of carbonyl (C=O) groups excluding carboxylic acids is 1. The Kier molecular flexibility index (Phi) is 5.29. The van der Waals surface area contributed by atoms with E-state index in [0.29, 0.717) is 32.8 Å². The van der Waals surface area contributed by atoms with Gasteiger partial charge in [-0.05, 0) is 26.3 Å². The van der Waals surface area contributed by atoms with Crippen LogP contribution in [0, 0.1) is 20.8 Å². The van der Waals surface area contributed by atoms with Crippen LogP contribution in [-0.4, -0.2) is 84.7 Å². The van der Waals surface area contributed by atoms with Gasteiger partial charge in [-0.2, -0.15) is 0 Å². The van der Waals surface area contributed by atoms with Crippen LogP contribution in [0.15, 0.2) is 0 Å². The molecule has 0 N–H and O–H groups in total. The number of piperazine rings is 1. The Morgan fingerprint density at radius 2 is 1.74 bits per heavy atom. The van der Waals surface area contributed by atoms with Gasteiger partial charge in [0.1, 0.15) is 16.5 Å². The zero-order valence-corrected chi connectivity index (χ0v) is 17.1. The van der Waals surface area contributed by atoms with Crippen LogP contribution in [0.3, 0.4) is 0 Å². The van der Waals surface area contributed by atoms with Crippen molar-refractivity contribution in [2.45, 2.75) is 20.8 Å². The normalized spacial score (nSPS) is 19.1. The lowest BCUT2D eigenvalue weighted by Gasteiger charge is -2.36. The summed E-state index contributed by atoms with van der Waals surface area (Å²) < 4.78 is 5.33. The molecular formula is C19H27N5O2S. The van der Waals surface area contributed by atoms with E-state index in [4.69, 9.17) is 9.72 Å². The molecule has 2 aliphatic rings. The Hall–Kier alpha value is -1.77. The van der Waals surface area contributed by atoms with Crippen LogP contribution in [0.25, 0.3) is 10.2 Å². The number of thiophene rings is 1. The summed E-state index contributed by atoms with van der Waals surface area (Å²) in [5.74, 6) is 2.10. The molecule has 2 saturated heterocycles. The first-order valence-corrected chi connectivity index (χ1v) is 10.4. The minimum Gasteiger partial charge on any atom is -0.378 e. The second-order valence-corrected chi connectivity index (χ2v) is 8.52. The quantitative estimate of drug-likeness (QED) is 0.795. The highest BCUT2D eigenvalue weighted by molar-refractivity contribution is 7.18. The molecule has 0 unspecified atom stereocenters. The van der Waals surface area contributed by atoms with Crippen molar-refractivity contribution in [2.75, 3.05) is 63.9 Å². The van der Waals surface area contributed by atoms with Crippen LogP contribution >= 0.6 is 11.3 Å². The van der Waals surface area contributed by atoms with Crippen molar-refractivity contribution in [3.8, 4) is 0 Å². The summed E-state index contributed by atoms with van der Waals surface area (Å²) in [7, 11) is 0. The zero-order valence-electron chi connectivity index (χ0n) is 16.3. The Morgan fingerprint density at radius 3 is 2.44 bits per heavy atom. The maximum atomic E-state index is 12.5. The van der Waals surface area contributed by atoms with E-state index in [1.54, 1.807) is 11.3 Å². The van der Waals surface area contributed by atoms with Crippen molar-refractivity contribution in [1.29, 1.82) is 0 Å². The molecule has 0 aromatic carbocycles. The summed E-state index contributed by atoms with van der Waals surface area (Å²) in [5.41, 5.74) is 1.29. The van der Waals surface area contributed by atoms with Crippen LogP contribution < -0.4 is 4.90 Å². The number of hydrogen-bond acceptors (Lipinski definition) is 7. The highest BCUT2D eigenvalue weighted by atomic mass is 32.1. The smallest absolute Gasteiger partial charge is 0.236 e. The number of aromatic nitrogens is 2. The number of carbonyl (C=O) groups is 1. The number of aryl methyl sites for hydroxylation is 3. The average Bonchev–Trinajstić information content (AvgIpc) is 2.96. The van der Waals surface area contributed by atoms with E-state index in [-0.39, 0.29) is 5.91 Å². The number of ether oxygens (including phenoxy) is 1. The number of amides is 1. The van der Waals surface area contributed by atoms with E-state index in [1.807, 2.05) is 11.8 Å². The van der Waals surface area contributed by atoms with E-state index < -0.39 is 0 Å². The molecular weight excluding hydrogens is 362 g/mol. The summed E-state index contributed by atoms with van der Waals surface area (Å²) in [4.78, 5) is 30.8. The zero-order chi connectivity index (χ0) is 19.0. The Morgan fingerprint density at radius 1 is 1.04 bits per heavy atom. The summed E-state index contributed by atoms with van der Waals surface area (Å²) in [6.45, 7) is 13.0. The number of nitrogens with zero attached hydrogens (tertiary/aromatic N) is 5. The molecule has 4 rings (SSSR count). The molecule has 8 heteroatoms. The number of fused-ring (bicyclic) bond motifs is 1. The minimum absolute atomic E-state index is 0.219. The van der Waals surface area contributed by atoms with Gasteiger partial charge >= 0.3 is 0 Å². The number of anilines is 1. The lowest BCUT2D eigenvalue weighted by atomic mass is 10.2. The maximum absolute atomic E-state index is 12.5. The summed E-state index contributed by atoms with van der Waals surface area (Å²) >= 11 is 1.75. The highest BCUT2D eigenvalue weighted by Crippen LogP contribution is 2.35. The summed E-state index contributed by atoms with van der Waals surface area (Å²) in [6, 6.07) is 0. The van der Waals surface area contributed by atoms with Crippen molar-refractivity contribution in [3.05, 3.63) is 16.3 Å². The summed E-state index contributed by atoms with van der Waals surface area (Å²) in [5, 5.41) is 1.20. The molecule has 4 heterocycles. The van der Waals surface area contributed by atoms with Crippen LogP contribution in [-0.2, 0) is 9.53 Å². The van der Waals surface area contributed by atoms with Gasteiger partial charge in [-0.3, -0.25) is 9.69 Å². The maximum Gasteiger partial charge on any atom is 0.236 e. The number of rotatable bonds is 3. The lowest BCUT2D eigenvalue weighted by molar-refractivity contribution is -0.136. The molecule has 0 bridgehead atoms. The fraction of sp³-hybridized carbons (Fsp3) is 0.632. The van der Waals surface area contributed by atoms with Gasteiger partial charge in [0.05, 0.1) is 25.1 Å². The van der Waals surface area contributed by atoms with E-state index in [9.17, 15) is 4.79 Å². The third kappa shape index (κ3) is 3.79. The first kappa shape index (κ1) is 18.6. The average molecular weight is 390 g/mol. The van der Waals surface area contributed by atoms with Crippen molar-refractivity contribution < 1.29 is 9.53 Å². The van der Waals surface area contributed by atoms with Gasteiger partial charge in [-0.15, -0.1) is 11.3 Å². The molecule has 2 aromatic rings. The van der Waals surface area contributed by atoms with E-state index in [1.165, 1.54) is 15.8 Å². The predicted molar refractivity (Wildman–Crippen MR) is 108 cm³/mol. The minimum atomic E-state index is 0.219. The van der Waals surface area contributed by atoms with Crippen LogP contribution in [0.1, 0.15) is 16.3 Å². The topological polar surface area (TPSA) is 61.8 Å². The highest BCUT2D eigenvalue weighted by Gasteiger charge is 2.25. The molecule has 0 spiro atoms. The van der Waals surface area contributed by atoms with Gasteiger partial charge in [0.15, 0.2) is 0 Å². The van der Waals surface area contributed by atoms with Crippen molar-refractivity contribution in [2.24, 2.45) is 0 Å². The lowest BCUT2D eigenvalue weighted by Crippen LogP contribution is -2.51. The molecule has 27 heavy (non-hydrogen) atoms. The third-order valence-electron chi connectivity index (χ3n) is 5.52. The first-order valence-electron chi connectivity index (χ1n) is 9.60. The number of hydrogen-bond donors (Lipinski definition) is 0. The monoisotopic (exact) mass is 389 g/mol. The molecule has 0 radical (unpaired) electrons. The van der Waals surface area contributed by atoms with Crippen molar-refractivity contribution >= 4 is 33.3 Å². The first-order chi connectivity index (χ1) is 13.0. The van der Waals surface area contributed by atoms with Crippen LogP contribution in [0.5, 0.6) is 0 Å². The van der Waals surface area contributed by atoms with Crippen molar-refractivity contribution in [3.63, 3.8) is 0 Å². The molecule has 7 nitrogen and oxygen atoms in total. The molecule has 2 fully saturated rings. The SMILES string of the molecule is Cc1nc(N2CCN(CC(=O)N3CCOCC3)CC2)c2c(C)c(C)sc2n1. The van der Waals surface area contributed by atoms with Gasteiger partial charge in [0.2, 0.25) is 5.91 Å². The summed E-state index contributed by atoms with van der Waals surface area (Å²) in [6.07, 6.45) is 0. The largest absolute Gasteiger partial charge is 0.378 e. The third-order valence-corrected chi connectivity index (χ3v) is 6.62. The fourth-order valence-corrected chi connectivity index (χ4v) is 4.85. The van der Waals surface area contributed by atoms with Gasteiger partial charge in [0, 0.05) is 44.1 Å². The second kappa shape index (κ2) is 7.69. The predicted octanol–water partition coefficient (Wildman–Crippen LogP) is 1.60. The molecule has 0 aliphatic carbocycles. The molecule has 0 saturated carbocycles. The van der Waals surface area contributed by atoms with E-state index in [0.717, 1.165) is 42.7 Å². The molecule has 2 aromatic heterocycles.